The normalized spacial score (nSPS) is 10.8. The number of pyridine rings is 1. The Labute approximate surface area is 203 Å². The van der Waals surface area contributed by atoms with Crippen LogP contribution in [-0.4, -0.2) is 35.5 Å². The number of azo groups is 1. The molecule has 1 heterocycles. The van der Waals surface area contributed by atoms with Gasteiger partial charge in [0.25, 0.3) is 5.69 Å². The molecule has 12 nitrogen and oxygen atoms in total. The summed E-state index contributed by atoms with van der Waals surface area (Å²) in [7, 11) is -5.17. The topological polar surface area (TPSA) is 179 Å². The van der Waals surface area contributed by atoms with E-state index in [1.807, 2.05) is 60.9 Å². The number of likely N-dealkylation sites (N-methyl/N-ethyl adjacent to an activating group) is 1. The van der Waals surface area contributed by atoms with Gasteiger partial charge in [-0.1, -0.05) is 6.07 Å². The Bertz CT molecular complexity index is 1310. The minimum atomic E-state index is -5.17. The number of nitriles is 1. The SMILES string of the molecule is CCN(CC[n+]1ccccc1)c1ccc(N=Nc2ccc([N+](=O)[O-])cc2C#N)cc1.O=S(=O)([O-])[O-].[H+]. The molecule has 1 aromatic heterocycles. The Balaban J connectivity index is 0.000000983. The smallest absolute Gasteiger partial charge is 0.759 e. The summed E-state index contributed by atoms with van der Waals surface area (Å²) in [5.74, 6) is 0. The van der Waals surface area contributed by atoms with Crippen LogP contribution in [0.15, 0.2) is 83.3 Å². The lowest BCUT2D eigenvalue weighted by atomic mass is 10.2. The van der Waals surface area contributed by atoms with Gasteiger partial charge < -0.3 is 14.0 Å². The summed E-state index contributed by atoms with van der Waals surface area (Å²) in [6.45, 7) is 4.75. The van der Waals surface area contributed by atoms with Crippen molar-refractivity contribution in [3.63, 3.8) is 0 Å². The Morgan fingerprint density at radius 2 is 1.71 bits per heavy atom. The van der Waals surface area contributed by atoms with E-state index in [1.54, 1.807) is 0 Å². The van der Waals surface area contributed by atoms with Crippen LogP contribution >= 0.6 is 0 Å². The fraction of sp³-hybridized carbons (Fsp3) is 0.182. The van der Waals surface area contributed by atoms with Crippen molar-refractivity contribution in [2.75, 3.05) is 18.0 Å². The molecular weight excluding hydrogens is 476 g/mol. The van der Waals surface area contributed by atoms with Crippen LogP contribution in [0, 0.1) is 21.4 Å². The average molecular weight is 499 g/mol. The highest BCUT2D eigenvalue weighted by molar-refractivity contribution is 7.79. The van der Waals surface area contributed by atoms with Crippen molar-refractivity contribution in [2.24, 2.45) is 10.2 Å². The quantitative estimate of drug-likeness (QED) is 0.113. The standard InChI is InChI=1S/C22H21N6O2.H2O4S/c1-2-27(15-14-26-12-4-3-5-13-26)20-8-6-19(7-9-20)24-25-22-11-10-21(28(29)30)16-18(22)17-23;1-5(2,3)4/h3-13,16H,2,14-15H2,1H3;(H2,1,2,3,4)/q+1;/p-1. The number of rotatable bonds is 8. The molecule has 3 aromatic rings. The predicted octanol–water partition coefficient (Wildman–Crippen LogP) is 3.47. The van der Waals surface area contributed by atoms with Crippen LogP contribution in [0.25, 0.3) is 0 Å². The summed E-state index contributed by atoms with van der Waals surface area (Å²) in [6, 6.07) is 19.5. The number of non-ortho nitro benzene ring substituents is 1. The number of aromatic nitrogens is 1. The molecule has 13 heteroatoms. The first-order chi connectivity index (χ1) is 16.6. The van der Waals surface area contributed by atoms with E-state index in [0.29, 0.717) is 11.4 Å². The molecule has 0 aliphatic rings. The van der Waals surface area contributed by atoms with Crippen molar-refractivity contribution in [3.8, 4) is 6.07 Å². The van der Waals surface area contributed by atoms with E-state index in [1.165, 1.54) is 18.2 Å². The van der Waals surface area contributed by atoms with Gasteiger partial charge in [0.15, 0.2) is 18.9 Å². The second kappa shape index (κ2) is 12.8. The summed E-state index contributed by atoms with van der Waals surface area (Å²) in [5, 5.41) is 28.3. The van der Waals surface area contributed by atoms with Gasteiger partial charge in [-0.2, -0.15) is 10.4 Å². The van der Waals surface area contributed by atoms with Gasteiger partial charge >= 0.3 is 1.43 Å². The van der Waals surface area contributed by atoms with E-state index in [2.05, 4.69) is 26.6 Å². The molecule has 0 N–H and O–H groups in total. The highest BCUT2D eigenvalue weighted by Crippen LogP contribution is 2.27. The fourth-order valence-electron chi connectivity index (χ4n) is 2.95. The molecule has 2 aromatic carbocycles. The number of nitrogens with zero attached hydrogens (tertiary/aromatic N) is 6. The van der Waals surface area contributed by atoms with E-state index < -0.39 is 15.3 Å². The molecule has 182 valence electrons. The lowest BCUT2D eigenvalue weighted by Gasteiger charge is -2.21. The first-order valence-corrected chi connectivity index (χ1v) is 11.5. The number of nitro benzene ring substituents is 1. The zero-order valence-corrected chi connectivity index (χ0v) is 19.4. The van der Waals surface area contributed by atoms with Gasteiger partial charge in [-0.15, -0.1) is 5.11 Å². The lowest BCUT2D eigenvalue weighted by Crippen LogP contribution is -2.40. The molecule has 0 bridgehead atoms. The zero-order chi connectivity index (χ0) is 25.8. The van der Waals surface area contributed by atoms with Crippen LogP contribution in [0.5, 0.6) is 0 Å². The third-order valence-electron chi connectivity index (χ3n) is 4.59. The maximum absolute atomic E-state index is 10.8. The predicted molar refractivity (Wildman–Crippen MR) is 125 cm³/mol. The van der Waals surface area contributed by atoms with Gasteiger partial charge in [0, 0.05) is 46.9 Å². The van der Waals surface area contributed by atoms with Gasteiger partial charge in [-0.3, -0.25) is 18.5 Å². The van der Waals surface area contributed by atoms with Crippen LogP contribution in [0.4, 0.5) is 22.7 Å². The Kier molecular flexibility index (Phi) is 9.91. The molecule has 3 rings (SSSR count). The van der Waals surface area contributed by atoms with Gasteiger partial charge in [0.2, 0.25) is 0 Å². The Morgan fingerprint density at radius 1 is 1.09 bits per heavy atom. The summed E-state index contributed by atoms with van der Waals surface area (Å²) in [4.78, 5) is 12.6. The first-order valence-electron chi connectivity index (χ1n) is 10.2. The number of hydrogen-bond donors (Lipinski definition) is 0. The maximum Gasteiger partial charge on any atom is 1.00 e. The molecule has 0 unspecified atom stereocenters. The molecule has 0 aliphatic carbocycles. The maximum atomic E-state index is 10.8. The molecular formula is C22H22N6O6S. The van der Waals surface area contributed by atoms with Gasteiger partial charge in [0.1, 0.15) is 11.8 Å². The zero-order valence-electron chi connectivity index (χ0n) is 19.6. The van der Waals surface area contributed by atoms with Gasteiger partial charge in [-0.05, 0) is 37.3 Å². The molecule has 0 atom stereocenters. The second-order valence-electron chi connectivity index (χ2n) is 6.89. The van der Waals surface area contributed by atoms with E-state index in [-0.39, 0.29) is 12.7 Å². The van der Waals surface area contributed by atoms with Gasteiger partial charge in [-0.25, -0.2) is 4.57 Å². The molecule has 0 spiro atoms. The third kappa shape index (κ3) is 9.64. The Morgan fingerprint density at radius 3 is 2.26 bits per heavy atom. The van der Waals surface area contributed by atoms with Crippen LogP contribution in [0.3, 0.4) is 0 Å². The van der Waals surface area contributed by atoms with Crippen molar-refractivity contribution in [1.82, 2.24) is 0 Å². The van der Waals surface area contributed by atoms with Crippen LogP contribution in [0.2, 0.25) is 0 Å². The first kappa shape index (κ1) is 27.0. The molecule has 0 fully saturated rings. The highest BCUT2D eigenvalue weighted by atomic mass is 32.3. The Hall–Kier alpha value is -4.25. The van der Waals surface area contributed by atoms with Crippen molar-refractivity contribution >= 4 is 33.1 Å². The number of anilines is 1. The fourth-order valence-corrected chi connectivity index (χ4v) is 2.95. The molecule has 0 saturated heterocycles. The van der Waals surface area contributed by atoms with Crippen LogP contribution in [-0.2, 0) is 16.9 Å². The monoisotopic (exact) mass is 498 g/mol. The largest absolute Gasteiger partial charge is 1.00 e. The number of benzene rings is 2. The van der Waals surface area contributed by atoms with E-state index in [0.717, 1.165) is 25.3 Å². The third-order valence-corrected chi connectivity index (χ3v) is 4.59. The van der Waals surface area contributed by atoms with Gasteiger partial charge in [0.05, 0.1) is 22.7 Å². The van der Waals surface area contributed by atoms with Crippen LogP contribution in [0.1, 0.15) is 13.9 Å². The van der Waals surface area contributed by atoms with E-state index >= 15 is 0 Å². The molecule has 0 radical (unpaired) electrons. The minimum Gasteiger partial charge on any atom is -0.759 e. The second-order valence-corrected chi connectivity index (χ2v) is 7.70. The molecule has 0 amide bonds. The van der Waals surface area contributed by atoms with Crippen LogP contribution < -0.4 is 9.47 Å². The van der Waals surface area contributed by atoms with E-state index in [4.69, 9.17) is 17.5 Å². The number of nitro groups is 1. The number of hydrogen-bond acceptors (Lipinski definition) is 10. The molecule has 0 aliphatic heterocycles. The van der Waals surface area contributed by atoms with Crippen molar-refractivity contribution in [3.05, 3.63) is 88.7 Å². The van der Waals surface area contributed by atoms with Crippen molar-refractivity contribution in [2.45, 2.75) is 13.5 Å². The van der Waals surface area contributed by atoms with Crippen molar-refractivity contribution < 1.29 is 28.4 Å². The lowest BCUT2D eigenvalue weighted by molar-refractivity contribution is -0.694. The minimum absolute atomic E-state index is 0. The average Bonchev–Trinajstić information content (AvgIpc) is 2.83. The molecule has 35 heavy (non-hydrogen) atoms. The summed E-state index contributed by atoms with van der Waals surface area (Å²) in [6.07, 6.45) is 4.09. The highest BCUT2D eigenvalue weighted by Gasteiger charge is 2.11. The summed E-state index contributed by atoms with van der Waals surface area (Å²) >= 11 is 0. The van der Waals surface area contributed by atoms with Crippen molar-refractivity contribution in [1.29, 1.82) is 5.26 Å². The summed E-state index contributed by atoms with van der Waals surface area (Å²) in [5.41, 5.74) is 1.97. The summed E-state index contributed by atoms with van der Waals surface area (Å²) < 4.78 is 36.2. The van der Waals surface area contributed by atoms with E-state index in [9.17, 15) is 15.4 Å². The molecule has 0 saturated carbocycles.